The van der Waals surface area contributed by atoms with Gasteiger partial charge in [0.15, 0.2) is 11.5 Å². The summed E-state index contributed by atoms with van der Waals surface area (Å²) in [6.45, 7) is 3.38. The van der Waals surface area contributed by atoms with Crippen molar-refractivity contribution in [1.29, 1.82) is 0 Å². The molecule has 196 valence electrons. The maximum atomic E-state index is 14.0. The summed E-state index contributed by atoms with van der Waals surface area (Å²) < 4.78 is 25.1. The van der Waals surface area contributed by atoms with E-state index in [4.69, 9.17) is 32.7 Å². The number of rotatable bonds is 8. The quantitative estimate of drug-likeness (QED) is 0.253. The molecule has 1 N–H and O–H groups in total. The summed E-state index contributed by atoms with van der Waals surface area (Å²) in [5.41, 5.74) is 1.80. The van der Waals surface area contributed by atoms with Gasteiger partial charge in [0.2, 0.25) is 17.0 Å². The summed E-state index contributed by atoms with van der Waals surface area (Å²) >= 11 is 12.5. The molecule has 0 spiro atoms. The number of amides is 3. The highest BCUT2D eigenvalue weighted by molar-refractivity contribution is 8.18. The predicted octanol–water partition coefficient (Wildman–Crippen LogP) is 6.10. The van der Waals surface area contributed by atoms with Gasteiger partial charge in [-0.05, 0) is 78.7 Å². The third kappa shape index (κ3) is 6.42. The van der Waals surface area contributed by atoms with Gasteiger partial charge in [-0.25, -0.2) is 4.98 Å². The van der Waals surface area contributed by atoms with Crippen LogP contribution in [0.3, 0.4) is 0 Å². The molecule has 0 bridgehead atoms. The molecule has 0 unspecified atom stereocenters. The van der Waals surface area contributed by atoms with Crippen LogP contribution >= 0.6 is 35.0 Å². The molecule has 0 saturated carbocycles. The summed E-state index contributed by atoms with van der Waals surface area (Å²) in [4.78, 5) is 46.1. The maximum absolute atomic E-state index is 14.0. The maximum Gasteiger partial charge on any atom is 0.294 e. The Hall–Kier alpha value is -3.67. The zero-order valence-electron chi connectivity index (χ0n) is 20.0. The number of halogens is 3. The first-order valence-electron chi connectivity index (χ1n) is 11.1. The molecule has 9 nitrogen and oxygen atoms in total. The highest BCUT2D eigenvalue weighted by atomic mass is 35.5. The molecule has 1 aliphatic rings. The van der Waals surface area contributed by atoms with Gasteiger partial charge in [0.1, 0.15) is 6.54 Å². The van der Waals surface area contributed by atoms with Crippen molar-refractivity contribution in [3.63, 3.8) is 0 Å². The zero-order chi connectivity index (χ0) is 27.4. The van der Waals surface area contributed by atoms with Crippen molar-refractivity contribution in [3.8, 4) is 17.4 Å². The number of nitrogens with zero attached hydrogens (tertiary/aromatic N) is 3. The van der Waals surface area contributed by atoms with E-state index < -0.39 is 29.4 Å². The molecule has 1 fully saturated rings. The molecule has 1 aliphatic heterocycles. The van der Waals surface area contributed by atoms with Crippen molar-refractivity contribution >= 4 is 63.8 Å². The smallest absolute Gasteiger partial charge is 0.294 e. The number of thioether (sulfide) groups is 1. The van der Waals surface area contributed by atoms with E-state index in [-0.39, 0.29) is 34.2 Å². The van der Waals surface area contributed by atoms with Crippen molar-refractivity contribution < 1.29 is 28.2 Å². The number of aryl methyl sites for hydroxylation is 1. The molecule has 2 aromatic carbocycles. The number of anilines is 1. The van der Waals surface area contributed by atoms with E-state index in [1.807, 2.05) is 6.92 Å². The van der Waals surface area contributed by atoms with Crippen LogP contribution in [0.1, 0.15) is 18.1 Å². The number of aromatic nitrogens is 2. The summed E-state index contributed by atoms with van der Waals surface area (Å²) in [7, 11) is 0. The lowest BCUT2D eigenvalue weighted by Gasteiger charge is -2.13. The molecular weight excluding hydrogens is 558 g/mol. The number of imide groups is 1. The van der Waals surface area contributed by atoms with Gasteiger partial charge >= 0.3 is 0 Å². The first-order valence-corrected chi connectivity index (χ1v) is 12.7. The topological polar surface area (TPSA) is 111 Å². The van der Waals surface area contributed by atoms with E-state index >= 15 is 0 Å². The molecule has 38 heavy (non-hydrogen) atoms. The second-order valence-electron chi connectivity index (χ2n) is 7.81. The summed E-state index contributed by atoms with van der Waals surface area (Å²) in [5.74, 6) is -1.97. The van der Waals surface area contributed by atoms with Crippen LogP contribution < -0.4 is 14.8 Å². The molecular formula is C25H19Cl2FN4O5S. The van der Waals surface area contributed by atoms with E-state index in [2.05, 4.69) is 15.3 Å². The Morgan fingerprint density at radius 1 is 1.18 bits per heavy atom. The van der Waals surface area contributed by atoms with Crippen molar-refractivity contribution in [2.24, 2.45) is 0 Å². The van der Waals surface area contributed by atoms with E-state index in [1.165, 1.54) is 12.1 Å². The van der Waals surface area contributed by atoms with Crippen molar-refractivity contribution in [1.82, 2.24) is 14.9 Å². The molecule has 1 aromatic heterocycles. The number of hydrogen-bond acceptors (Lipinski definition) is 8. The first-order chi connectivity index (χ1) is 18.1. The fourth-order valence-corrected chi connectivity index (χ4v) is 4.42. The van der Waals surface area contributed by atoms with Crippen LogP contribution in [-0.4, -0.2) is 45.1 Å². The molecule has 3 aromatic rings. The highest BCUT2D eigenvalue weighted by Crippen LogP contribution is 2.36. The Kier molecular flexibility index (Phi) is 8.50. The van der Waals surface area contributed by atoms with Crippen LogP contribution in [0.5, 0.6) is 17.4 Å². The number of benzene rings is 2. The minimum atomic E-state index is -0.816. The Labute approximate surface area is 230 Å². The van der Waals surface area contributed by atoms with Gasteiger partial charge in [-0.3, -0.25) is 19.3 Å². The number of nitrogens with one attached hydrogen (secondary N) is 1. The third-order valence-corrected chi connectivity index (χ3v) is 6.58. The van der Waals surface area contributed by atoms with Gasteiger partial charge in [-0.2, -0.15) is 9.37 Å². The monoisotopic (exact) mass is 576 g/mol. The van der Waals surface area contributed by atoms with Crippen LogP contribution in [0, 0.1) is 12.7 Å². The molecule has 0 atom stereocenters. The molecule has 1 saturated heterocycles. The lowest BCUT2D eigenvalue weighted by molar-refractivity contribution is -0.127. The number of ether oxygens (including phenoxy) is 2. The van der Waals surface area contributed by atoms with Crippen LogP contribution in [0.4, 0.5) is 14.9 Å². The van der Waals surface area contributed by atoms with E-state index in [0.29, 0.717) is 28.0 Å². The van der Waals surface area contributed by atoms with Gasteiger partial charge in [0.05, 0.1) is 17.7 Å². The molecule has 2 heterocycles. The van der Waals surface area contributed by atoms with Gasteiger partial charge in [-0.1, -0.05) is 23.7 Å². The number of carbonyl (C=O) groups excluding carboxylic acids is 3. The van der Waals surface area contributed by atoms with Gasteiger partial charge in [0.25, 0.3) is 17.0 Å². The standard InChI is InChI=1S/C25H19Cl2FN4O5S/c1-3-36-19-8-14(5-7-18(19)37-22-17(28)11-29-24(27)31-22)9-20-23(34)32(25(35)38-20)12-21(33)30-15-6-4-13(2)16(26)10-15/h4-11H,3,12H2,1-2H3,(H,30,33)/b20-9+. The zero-order valence-corrected chi connectivity index (χ0v) is 22.3. The normalized spacial score (nSPS) is 14.2. The molecule has 4 rings (SSSR count). The summed E-state index contributed by atoms with van der Waals surface area (Å²) in [6, 6.07) is 9.63. The van der Waals surface area contributed by atoms with E-state index in [0.717, 1.165) is 16.7 Å². The van der Waals surface area contributed by atoms with Crippen LogP contribution in [0.25, 0.3) is 6.08 Å². The van der Waals surface area contributed by atoms with E-state index in [9.17, 15) is 18.8 Å². The third-order valence-electron chi connectivity index (χ3n) is 5.09. The molecule has 3 amide bonds. The van der Waals surface area contributed by atoms with Crippen LogP contribution in [0.15, 0.2) is 47.5 Å². The fraction of sp³-hybridized carbons (Fsp3) is 0.160. The van der Waals surface area contributed by atoms with Crippen molar-refractivity contribution in [2.45, 2.75) is 13.8 Å². The largest absolute Gasteiger partial charge is 0.490 e. The Morgan fingerprint density at radius 3 is 2.71 bits per heavy atom. The summed E-state index contributed by atoms with van der Waals surface area (Å²) in [5, 5.41) is 2.33. The minimum Gasteiger partial charge on any atom is -0.490 e. The second kappa shape index (κ2) is 11.8. The van der Waals surface area contributed by atoms with Gasteiger partial charge in [0, 0.05) is 10.7 Å². The van der Waals surface area contributed by atoms with Crippen molar-refractivity contribution in [2.75, 3.05) is 18.5 Å². The molecule has 0 aliphatic carbocycles. The highest BCUT2D eigenvalue weighted by Gasteiger charge is 2.36. The minimum absolute atomic E-state index is 0.117. The Morgan fingerprint density at radius 2 is 1.97 bits per heavy atom. The Balaban J connectivity index is 1.49. The SMILES string of the molecule is CCOc1cc(/C=C2/SC(=O)N(CC(=O)Nc3ccc(C)c(Cl)c3)C2=O)ccc1Oc1nc(Cl)ncc1F. The lowest BCUT2D eigenvalue weighted by atomic mass is 10.2. The first kappa shape index (κ1) is 27.4. The fourth-order valence-electron chi connectivity index (χ4n) is 3.28. The number of hydrogen-bond donors (Lipinski definition) is 1. The van der Waals surface area contributed by atoms with Gasteiger partial charge < -0.3 is 14.8 Å². The average molecular weight is 577 g/mol. The van der Waals surface area contributed by atoms with Gasteiger partial charge in [-0.15, -0.1) is 0 Å². The second-order valence-corrected chi connectivity index (χ2v) is 9.55. The van der Waals surface area contributed by atoms with Crippen LogP contribution in [0.2, 0.25) is 10.3 Å². The Bertz CT molecular complexity index is 1470. The average Bonchev–Trinajstić information content (AvgIpc) is 3.12. The van der Waals surface area contributed by atoms with Crippen LogP contribution in [-0.2, 0) is 9.59 Å². The number of carbonyl (C=O) groups is 3. The molecule has 13 heteroatoms. The predicted molar refractivity (Wildman–Crippen MR) is 142 cm³/mol. The summed E-state index contributed by atoms with van der Waals surface area (Å²) in [6.07, 6.45) is 2.36. The van der Waals surface area contributed by atoms with Crippen molar-refractivity contribution in [3.05, 3.63) is 74.8 Å². The van der Waals surface area contributed by atoms with E-state index in [1.54, 1.807) is 37.3 Å². The molecule has 0 radical (unpaired) electrons. The lowest BCUT2D eigenvalue weighted by Crippen LogP contribution is -2.36.